The summed E-state index contributed by atoms with van der Waals surface area (Å²) in [5.41, 5.74) is 0.149. The molecular weight excluding hydrogens is 531 g/mol. The van der Waals surface area contributed by atoms with Gasteiger partial charge in [-0.05, 0) is 50.6 Å². The van der Waals surface area contributed by atoms with Gasteiger partial charge in [0.05, 0.1) is 23.1 Å². The molecular formula is C23H26F3N5O4S2. The third-order valence-corrected chi connectivity index (χ3v) is 8.09. The maximum absolute atomic E-state index is 13.1. The molecule has 0 radical (unpaired) electrons. The van der Waals surface area contributed by atoms with Crippen LogP contribution < -0.4 is 10.0 Å². The number of hydrogen-bond acceptors (Lipinski definition) is 8. The van der Waals surface area contributed by atoms with E-state index in [1.54, 1.807) is 17.5 Å². The molecule has 9 nitrogen and oxygen atoms in total. The van der Waals surface area contributed by atoms with Gasteiger partial charge in [-0.2, -0.15) is 13.2 Å². The summed E-state index contributed by atoms with van der Waals surface area (Å²) >= 11 is 1.09. The number of hydrogen-bond donors (Lipinski definition) is 2. The van der Waals surface area contributed by atoms with Crippen molar-refractivity contribution >= 4 is 50.5 Å². The summed E-state index contributed by atoms with van der Waals surface area (Å²) in [4.78, 5) is 24.1. The minimum Gasteiger partial charge on any atom is -0.385 e. The lowest BCUT2D eigenvalue weighted by atomic mass is 10.0. The van der Waals surface area contributed by atoms with Crippen molar-refractivity contribution in [3.8, 4) is 0 Å². The van der Waals surface area contributed by atoms with E-state index in [4.69, 9.17) is 4.74 Å². The number of benzene rings is 1. The van der Waals surface area contributed by atoms with E-state index in [1.807, 2.05) is 0 Å². The second-order valence-electron chi connectivity index (χ2n) is 8.22. The first-order valence-corrected chi connectivity index (χ1v) is 13.5. The molecule has 1 heterocycles. The van der Waals surface area contributed by atoms with Gasteiger partial charge in [0.2, 0.25) is 15.9 Å². The lowest BCUT2D eigenvalue weighted by Gasteiger charge is -2.15. The molecule has 14 heteroatoms. The van der Waals surface area contributed by atoms with Crippen LogP contribution in [0.2, 0.25) is 0 Å². The molecule has 1 aliphatic carbocycles. The molecule has 1 fully saturated rings. The first kappa shape index (κ1) is 28.5. The molecule has 37 heavy (non-hydrogen) atoms. The Morgan fingerprint density at radius 3 is 2.57 bits per heavy atom. The summed E-state index contributed by atoms with van der Waals surface area (Å²) in [6.07, 6.45) is -2.61. The second kappa shape index (κ2) is 12.0. The van der Waals surface area contributed by atoms with Crippen LogP contribution in [0.3, 0.4) is 0 Å². The maximum atomic E-state index is 13.1. The Hall–Kier alpha value is -3.10. The monoisotopic (exact) mass is 557 g/mol. The van der Waals surface area contributed by atoms with Gasteiger partial charge in [0.15, 0.2) is 10.8 Å². The van der Waals surface area contributed by atoms with Crippen LogP contribution in [0.1, 0.15) is 43.4 Å². The van der Waals surface area contributed by atoms with E-state index in [0.29, 0.717) is 42.4 Å². The predicted molar refractivity (Wildman–Crippen MR) is 138 cm³/mol. The van der Waals surface area contributed by atoms with Gasteiger partial charge in [-0.15, -0.1) is 11.3 Å². The van der Waals surface area contributed by atoms with Crippen LogP contribution >= 0.6 is 11.3 Å². The van der Waals surface area contributed by atoms with Gasteiger partial charge >= 0.3 is 6.18 Å². The Labute approximate surface area is 216 Å². The van der Waals surface area contributed by atoms with Crippen LogP contribution in [-0.2, 0) is 19.6 Å². The molecule has 1 amide bonds. The zero-order valence-corrected chi connectivity index (χ0v) is 21.7. The molecule has 1 aromatic carbocycles. The minimum atomic E-state index is -4.68. The van der Waals surface area contributed by atoms with Gasteiger partial charge in [0, 0.05) is 30.5 Å². The number of carbonyl (C=O) groups excluding carboxylic acids is 1. The summed E-state index contributed by atoms with van der Waals surface area (Å²) in [5.74, 6) is -1.11. The van der Waals surface area contributed by atoms with Crippen molar-refractivity contribution in [1.82, 2.24) is 4.98 Å². The molecule has 3 rings (SSSR count). The maximum Gasteiger partial charge on any atom is 0.434 e. The lowest BCUT2D eigenvalue weighted by molar-refractivity contribution is -0.118. The molecule has 1 aromatic heterocycles. The molecule has 2 aromatic rings. The Morgan fingerprint density at radius 1 is 1.32 bits per heavy atom. The fourth-order valence-electron chi connectivity index (χ4n) is 3.25. The molecule has 0 bridgehead atoms. The first-order valence-electron chi connectivity index (χ1n) is 11.1. The van der Waals surface area contributed by atoms with Crippen LogP contribution in [0.25, 0.3) is 0 Å². The Balaban J connectivity index is 1.73. The van der Waals surface area contributed by atoms with E-state index in [-0.39, 0.29) is 17.5 Å². The molecule has 1 saturated carbocycles. The number of aliphatic imine (C=N–C) groups is 2. The van der Waals surface area contributed by atoms with Gasteiger partial charge < -0.3 is 10.1 Å². The highest BCUT2D eigenvalue weighted by Crippen LogP contribution is 2.32. The number of methoxy groups -OCH3 is 1. The number of allylic oxidation sites excluding steroid dienone is 1. The number of nitrogens with zero attached hydrogens (tertiary/aromatic N) is 3. The molecule has 1 aliphatic rings. The summed E-state index contributed by atoms with van der Waals surface area (Å²) in [6.45, 7) is 4.73. The van der Waals surface area contributed by atoms with E-state index in [2.05, 4.69) is 31.7 Å². The zero-order valence-electron chi connectivity index (χ0n) is 20.1. The third kappa shape index (κ3) is 7.94. The average molecular weight is 558 g/mol. The number of rotatable bonds is 12. The van der Waals surface area contributed by atoms with E-state index >= 15 is 0 Å². The normalized spacial score (nSPS) is 15.8. The van der Waals surface area contributed by atoms with Gasteiger partial charge in [0.25, 0.3) is 0 Å². The number of amides is 1. The Kier molecular flexibility index (Phi) is 9.21. The fraction of sp³-hybridized carbons (Fsp3) is 0.391. The highest BCUT2D eigenvalue weighted by molar-refractivity contribution is 7.93. The highest BCUT2D eigenvalue weighted by Gasteiger charge is 2.36. The van der Waals surface area contributed by atoms with E-state index < -0.39 is 39.0 Å². The molecule has 0 spiro atoms. The Morgan fingerprint density at radius 2 is 2.00 bits per heavy atom. The van der Waals surface area contributed by atoms with Crippen molar-refractivity contribution < 1.29 is 31.1 Å². The van der Waals surface area contributed by atoms with Crippen LogP contribution in [0, 0.1) is 0 Å². The first-order chi connectivity index (χ1) is 17.4. The number of alkyl halides is 3. The molecule has 0 saturated heterocycles. The van der Waals surface area contributed by atoms with Crippen LogP contribution in [0.4, 0.5) is 24.0 Å². The largest absolute Gasteiger partial charge is 0.434 e. The number of anilines is 2. The van der Waals surface area contributed by atoms with Gasteiger partial charge in [-0.1, -0.05) is 12.1 Å². The highest BCUT2D eigenvalue weighted by atomic mass is 32.2. The topological polar surface area (TPSA) is 122 Å². The fourth-order valence-corrected chi connectivity index (χ4v) is 5.61. The molecule has 200 valence electrons. The second-order valence-corrected chi connectivity index (χ2v) is 11.0. The Bertz CT molecular complexity index is 1280. The minimum absolute atomic E-state index is 0.103. The molecule has 1 unspecified atom stereocenters. The molecule has 1 atom stereocenters. The number of sulfonamides is 1. The summed E-state index contributed by atoms with van der Waals surface area (Å²) in [6, 6.07) is 6.14. The van der Waals surface area contributed by atoms with E-state index in [1.165, 1.54) is 26.2 Å². The van der Waals surface area contributed by atoms with Crippen LogP contribution in [0.15, 0.2) is 51.5 Å². The predicted octanol–water partition coefficient (Wildman–Crippen LogP) is 4.72. The number of thiazole rings is 1. The van der Waals surface area contributed by atoms with Crippen LogP contribution in [0.5, 0.6) is 0 Å². The standard InChI is InChI=1S/C23H26F3N5O4S2/c1-14(28-20(12-27-2)23(24,25)26)15-4-6-16(7-5-15)29-21(32)18(10-11-35-3)19-13-36-22(30-19)31-37(33,34)17-8-9-17/h4-7,12-13,17-18H,2,8-11H2,1,3H3,(H,29,32)(H,30,31)/b20-12-,28-14+. The van der Waals surface area contributed by atoms with E-state index in [0.717, 1.165) is 11.3 Å². The number of aromatic nitrogens is 1. The summed E-state index contributed by atoms with van der Waals surface area (Å²) < 4.78 is 71.1. The van der Waals surface area contributed by atoms with Crippen molar-refractivity contribution in [2.75, 3.05) is 23.8 Å². The lowest BCUT2D eigenvalue weighted by Crippen LogP contribution is -2.23. The number of halogens is 3. The summed E-state index contributed by atoms with van der Waals surface area (Å²) in [7, 11) is -1.98. The number of ether oxygens (including phenoxy) is 1. The van der Waals surface area contributed by atoms with E-state index in [9.17, 15) is 26.4 Å². The van der Waals surface area contributed by atoms with Crippen molar-refractivity contribution in [2.45, 2.75) is 43.5 Å². The van der Waals surface area contributed by atoms with Gasteiger partial charge in [-0.3, -0.25) is 14.5 Å². The third-order valence-electron chi connectivity index (χ3n) is 5.36. The zero-order chi connectivity index (χ0) is 27.2. The van der Waals surface area contributed by atoms with Gasteiger partial charge in [-0.25, -0.2) is 18.4 Å². The van der Waals surface area contributed by atoms with Gasteiger partial charge in [0.1, 0.15) is 0 Å². The SMILES string of the molecule is C=N/C=C(\N=C(/C)c1ccc(NC(=O)C(CCOC)c2csc(NS(=O)(=O)C3CC3)n2)cc1)C(F)(F)F. The smallest absolute Gasteiger partial charge is 0.385 e. The van der Waals surface area contributed by atoms with Crippen molar-refractivity contribution in [3.05, 3.63) is 52.8 Å². The number of nitrogens with one attached hydrogen (secondary N) is 2. The van der Waals surface area contributed by atoms with Crippen molar-refractivity contribution in [3.63, 3.8) is 0 Å². The molecule has 0 aliphatic heterocycles. The van der Waals surface area contributed by atoms with Crippen molar-refractivity contribution in [1.29, 1.82) is 0 Å². The quantitative estimate of drug-likeness (QED) is 0.366. The number of carbonyl (C=O) groups is 1. The average Bonchev–Trinajstić information content (AvgIpc) is 3.60. The van der Waals surface area contributed by atoms with Crippen molar-refractivity contribution in [2.24, 2.45) is 9.98 Å². The summed E-state index contributed by atoms with van der Waals surface area (Å²) in [5, 5.41) is 4.17. The van der Waals surface area contributed by atoms with Crippen LogP contribution in [-0.4, -0.2) is 56.9 Å². The molecule has 2 N–H and O–H groups in total.